The molecule has 0 aromatic rings. The SMILES string of the molecule is ClP1OCCS1. The maximum Gasteiger partial charge on any atom is 0.188 e. The van der Waals surface area contributed by atoms with Crippen LogP contribution in [0.3, 0.4) is 0 Å². The molecule has 0 aliphatic carbocycles. The lowest BCUT2D eigenvalue weighted by Crippen LogP contribution is -1.74. The number of halogens is 1. The second-order valence-electron chi connectivity index (χ2n) is 0.879. The molecular weight excluding hydrogens is 139 g/mol. The molecule has 36 valence electrons. The van der Waals surface area contributed by atoms with Crippen LogP contribution in [0.25, 0.3) is 0 Å². The zero-order valence-corrected chi connectivity index (χ0v) is 5.52. The van der Waals surface area contributed by atoms with Gasteiger partial charge < -0.3 is 4.52 Å². The molecule has 1 fully saturated rings. The first-order valence-electron chi connectivity index (χ1n) is 1.61. The highest BCUT2D eigenvalue weighted by atomic mass is 35.7. The minimum Gasteiger partial charge on any atom is -0.334 e. The van der Waals surface area contributed by atoms with Gasteiger partial charge in [0.15, 0.2) is 6.70 Å². The number of hydrogen-bond acceptors (Lipinski definition) is 2. The monoisotopic (exact) mass is 142 g/mol. The van der Waals surface area contributed by atoms with Crippen molar-refractivity contribution in [3.8, 4) is 0 Å². The summed E-state index contributed by atoms with van der Waals surface area (Å²) in [6.07, 6.45) is 0. The lowest BCUT2D eigenvalue weighted by atomic mass is 10.9. The minimum absolute atomic E-state index is 0.576. The molecule has 0 aromatic heterocycles. The molecule has 1 rings (SSSR count). The Morgan fingerprint density at radius 1 is 1.83 bits per heavy atom. The van der Waals surface area contributed by atoms with Crippen molar-refractivity contribution >= 4 is 29.3 Å². The van der Waals surface area contributed by atoms with Gasteiger partial charge in [0.2, 0.25) is 0 Å². The van der Waals surface area contributed by atoms with Crippen molar-refractivity contribution in [2.75, 3.05) is 12.4 Å². The highest BCUT2D eigenvalue weighted by molar-refractivity contribution is 8.61. The summed E-state index contributed by atoms with van der Waals surface area (Å²) in [6, 6.07) is 0. The van der Waals surface area contributed by atoms with E-state index in [1.54, 1.807) is 11.4 Å². The Morgan fingerprint density at radius 3 is 2.83 bits per heavy atom. The summed E-state index contributed by atoms with van der Waals surface area (Å²) < 4.78 is 4.95. The van der Waals surface area contributed by atoms with Crippen molar-refractivity contribution in [2.24, 2.45) is 0 Å². The van der Waals surface area contributed by atoms with Gasteiger partial charge in [-0.15, -0.1) is 0 Å². The molecule has 0 N–H and O–H groups in total. The van der Waals surface area contributed by atoms with Gasteiger partial charge >= 0.3 is 0 Å². The molecule has 1 atom stereocenters. The second kappa shape index (κ2) is 2.37. The Bertz CT molecular complexity index is 46.8. The molecule has 6 heavy (non-hydrogen) atoms. The van der Waals surface area contributed by atoms with E-state index in [4.69, 9.17) is 15.8 Å². The fourth-order valence-corrected chi connectivity index (χ4v) is 2.92. The molecule has 0 bridgehead atoms. The van der Waals surface area contributed by atoms with Gasteiger partial charge in [-0.25, -0.2) is 0 Å². The van der Waals surface area contributed by atoms with E-state index in [-0.39, 0.29) is 0 Å². The van der Waals surface area contributed by atoms with Crippen molar-refractivity contribution in [1.82, 2.24) is 0 Å². The first-order valence-corrected chi connectivity index (χ1v) is 5.37. The van der Waals surface area contributed by atoms with Crippen LogP contribution in [0.5, 0.6) is 0 Å². The number of hydrogen-bond donors (Lipinski definition) is 0. The van der Waals surface area contributed by atoms with Gasteiger partial charge in [0.25, 0.3) is 0 Å². The van der Waals surface area contributed by atoms with Gasteiger partial charge in [-0.3, -0.25) is 0 Å². The lowest BCUT2D eigenvalue weighted by Gasteiger charge is -1.88. The maximum atomic E-state index is 5.52. The summed E-state index contributed by atoms with van der Waals surface area (Å²) in [5.41, 5.74) is 0. The van der Waals surface area contributed by atoms with Crippen LogP contribution in [0.1, 0.15) is 0 Å². The highest BCUT2D eigenvalue weighted by Gasteiger charge is 2.11. The van der Waals surface area contributed by atoms with Crippen LogP contribution in [0, 0.1) is 0 Å². The molecular formula is C2H4ClOPS. The van der Waals surface area contributed by atoms with Crippen LogP contribution >= 0.6 is 29.3 Å². The van der Waals surface area contributed by atoms with Gasteiger partial charge in [-0.1, -0.05) is 22.6 Å². The molecule has 1 nitrogen and oxygen atoms in total. The third-order valence-electron chi connectivity index (χ3n) is 0.469. The average molecular weight is 143 g/mol. The summed E-state index contributed by atoms with van der Waals surface area (Å²) in [6.45, 7) is 0.271. The molecule has 4 heteroatoms. The Hall–Kier alpha value is 1.03. The highest BCUT2D eigenvalue weighted by Crippen LogP contribution is 2.59. The van der Waals surface area contributed by atoms with Crippen LogP contribution in [-0.2, 0) is 4.52 Å². The lowest BCUT2D eigenvalue weighted by molar-refractivity contribution is 0.406. The van der Waals surface area contributed by atoms with E-state index in [0.29, 0.717) is 0 Å². The Labute approximate surface area is 46.8 Å². The predicted molar refractivity (Wildman–Crippen MR) is 31.2 cm³/mol. The molecule has 1 saturated heterocycles. The third-order valence-corrected chi connectivity index (χ3v) is 4.05. The first-order chi connectivity index (χ1) is 2.89. The van der Waals surface area contributed by atoms with Crippen LogP contribution in [-0.4, -0.2) is 12.4 Å². The molecule has 1 unspecified atom stereocenters. The van der Waals surface area contributed by atoms with Gasteiger partial charge in [-0.05, 0) is 0 Å². The second-order valence-corrected chi connectivity index (χ2v) is 5.52. The largest absolute Gasteiger partial charge is 0.334 e. The smallest absolute Gasteiger partial charge is 0.188 e. The zero-order chi connectivity index (χ0) is 4.41. The topological polar surface area (TPSA) is 9.23 Å². The fraction of sp³-hybridized carbons (Fsp3) is 1.00. The predicted octanol–water partition coefficient (Wildman–Crippen LogP) is 2.22. The quantitative estimate of drug-likeness (QED) is 0.480. The van der Waals surface area contributed by atoms with Crippen molar-refractivity contribution in [1.29, 1.82) is 0 Å². The van der Waals surface area contributed by atoms with E-state index in [2.05, 4.69) is 0 Å². The van der Waals surface area contributed by atoms with Crippen molar-refractivity contribution in [2.45, 2.75) is 0 Å². The molecule has 0 spiro atoms. The molecule has 0 radical (unpaired) electrons. The Kier molecular flexibility index (Phi) is 2.04. The van der Waals surface area contributed by atoms with Crippen LogP contribution in [0.4, 0.5) is 0 Å². The minimum atomic E-state index is -0.576. The van der Waals surface area contributed by atoms with E-state index in [1.165, 1.54) is 0 Å². The van der Waals surface area contributed by atoms with Crippen LogP contribution in [0.2, 0.25) is 0 Å². The van der Waals surface area contributed by atoms with Gasteiger partial charge in [0.05, 0.1) is 6.61 Å². The van der Waals surface area contributed by atoms with Gasteiger partial charge in [0, 0.05) is 5.75 Å². The van der Waals surface area contributed by atoms with Gasteiger partial charge in [0.1, 0.15) is 0 Å². The van der Waals surface area contributed by atoms with Gasteiger partial charge in [-0.2, -0.15) is 0 Å². The molecule has 0 aromatic carbocycles. The maximum absolute atomic E-state index is 5.52. The van der Waals surface area contributed by atoms with Crippen LogP contribution < -0.4 is 0 Å². The first kappa shape index (κ1) is 5.17. The van der Waals surface area contributed by atoms with Crippen molar-refractivity contribution in [3.63, 3.8) is 0 Å². The van der Waals surface area contributed by atoms with E-state index in [1.807, 2.05) is 0 Å². The standard InChI is InChI=1S/C2H4ClOPS/c3-5-4-1-2-6-5/h1-2H2. The summed E-state index contributed by atoms with van der Waals surface area (Å²) in [5, 5.41) is 0. The summed E-state index contributed by atoms with van der Waals surface area (Å²) in [4.78, 5) is 0. The van der Waals surface area contributed by atoms with Crippen molar-refractivity contribution < 1.29 is 4.52 Å². The normalized spacial score (nSPS) is 34.5. The average Bonchev–Trinajstić information content (AvgIpc) is 1.86. The number of rotatable bonds is 0. The van der Waals surface area contributed by atoms with E-state index in [9.17, 15) is 0 Å². The molecule has 1 aliphatic rings. The van der Waals surface area contributed by atoms with Crippen LogP contribution in [0.15, 0.2) is 0 Å². The van der Waals surface area contributed by atoms with Crippen molar-refractivity contribution in [3.05, 3.63) is 0 Å². The van der Waals surface area contributed by atoms with E-state index in [0.717, 1.165) is 12.4 Å². The summed E-state index contributed by atoms with van der Waals surface area (Å²) in [5.74, 6) is 1.08. The summed E-state index contributed by atoms with van der Waals surface area (Å²) >= 11 is 7.22. The van der Waals surface area contributed by atoms with E-state index >= 15 is 0 Å². The zero-order valence-electron chi connectivity index (χ0n) is 3.06. The molecule has 1 heterocycles. The van der Waals surface area contributed by atoms with E-state index < -0.39 is 6.70 Å². The summed E-state index contributed by atoms with van der Waals surface area (Å²) in [7, 11) is 0. The molecule has 0 saturated carbocycles. The molecule has 1 aliphatic heterocycles. The third kappa shape index (κ3) is 1.27. The Morgan fingerprint density at radius 2 is 2.67 bits per heavy atom. The Balaban J connectivity index is 2.18. The fourth-order valence-electron chi connectivity index (χ4n) is 0.255. The molecule has 0 amide bonds.